The third kappa shape index (κ3) is 5.25. The molecule has 2 aliphatic rings. The summed E-state index contributed by atoms with van der Waals surface area (Å²) in [6.07, 6.45) is 3.31. The Balaban J connectivity index is 1.34. The van der Waals surface area contributed by atoms with E-state index < -0.39 is 0 Å². The van der Waals surface area contributed by atoms with Crippen LogP contribution in [0.25, 0.3) is 11.7 Å². The summed E-state index contributed by atoms with van der Waals surface area (Å²) in [6.45, 7) is 4.39. The number of carbonyl (C=O) groups is 1. The lowest BCUT2D eigenvalue weighted by molar-refractivity contribution is -0.122. The molecule has 214 valence electrons. The number of aromatic nitrogens is 2. The van der Waals surface area contributed by atoms with Crippen molar-refractivity contribution in [2.45, 2.75) is 13.5 Å². The number of rotatable bonds is 6. The number of hydrogen-bond donors (Lipinski definition) is 0. The van der Waals surface area contributed by atoms with Gasteiger partial charge in [0.05, 0.1) is 29.8 Å². The fraction of sp³-hybridized carbons (Fsp3) is 0.226. The van der Waals surface area contributed by atoms with Gasteiger partial charge in [-0.2, -0.15) is 0 Å². The number of anilines is 2. The van der Waals surface area contributed by atoms with Gasteiger partial charge < -0.3 is 14.5 Å². The lowest BCUT2D eigenvalue weighted by Crippen LogP contribution is -2.47. The number of para-hydroxylation sites is 1. The number of methoxy groups -OCH3 is 1. The van der Waals surface area contributed by atoms with Crippen LogP contribution < -0.4 is 20.1 Å². The third-order valence-electron chi connectivity index (χ3n) is 7.49. The highest BCUT2D eigenvalue weighted by Gasteiger charge is 2.33. The quantitative estimate of drug-likeness (QED) is 0.229. The van der Waals surface area contributed by atoms with Crippen LogP contribution in [0.15, 0.2) is 76.6 Å². The van der Waals surface area contributed by atoms with Crippen LogP contribution in [0.4, 0.5) is 15.9 Å². The molecule has 42 heavy (non-hydrogen) atoms. The maximum Gasteiger partial charge on any atom is 0.267 e. The molecule has 0 atom stereocenters. The molecule has 4 heterocycles. The number of benzene rings is 2. The number of aryl methyl sites for hydroxylation is 1. The predicted octanol–water partition coefficient (Wildman–Crippen LogP) is 4.88. The molecule has 0 bridgehead atoms. The van der Waals surface area contributed by atoms with Crippen molar-refractivity contribution < 1.29 is 13.9 Å². The summed E-state index contributed by atoms with van der Waals surface area (Å²) in [6, 6.07) is 17.9. The number of carbonyl (C=O) groups excluding carboxylic acids is 1. The molecule has 4 aromatic rings. The number of thiocarbonyl (C=S) groups is 1. The predicted molar refractivity (Wildman–Crippen MR) is 169 cm³/mol. The number of ether oxygens (including phenoxy) is 1. The highest BCUT2D eigenvalue weighted by Crippen LogP contribution is 2.35. The molecule has 0 N–H and O–H groups in total. The van der Waals surface area contributed by atoms with E-state index >= 15 is 0 Å². The minimum atomic E-state index is -0.268. The van der Waals surface area contributed by atoms with Gasteiger partial charge in [-0.15, -0.1) is 0 Å². The van der Waals surface area contributed by atoms with Gasteiger partial charge in [-0.05, 0) is 54.5 Å². The average molecular weight is 602 g/mol. The molecule has 0 unspecified atom stereocenters. The summed E-state index contributed by atoms with van der Waals surface area (Å²) in [5.41, 5.74) is 2.93. The molecule has 2 aromatic carbocycles. The van der Waals surface area contributed by atoms with E-state index in [0.717, 1.165) is 16.9 Å². The Morgan fingerprint density at radius 2 is 1.71 bits per heavy atom. The first-order chi connectivity index (χ1) is 20.3. The van der Waals surface area contributed by atoms with E-state index in [9.17, 15) is 14.0 Å². The molecule has 2 aliphatic heterocycles. The SMILES string of the molecule is COc1ccc(CN2C(=O)/C(=C\c3c(N4CCN(c5ccccc5F)CC4)nc4c(C)cccn4c3=O)SC2=S)cc1. The minimum Gasteiger partial charge on any atom is -0.497 e. The van der Waals surface area contributed by atoms with Crippen molar-refractivity contribution in [1.29, 1.82) is 0 Å². The third-order valence-corrected chi connectivity index (χ3v) is 8.86. The summed E-state index contributed by atoms with van der Waals surface area (Å²) in [5, 5.41) is 0. The molecule has 2 aromatic heterocycles. The highest BCUT2D eigenvalue weighted by atomic mass is 32.2. The van der Waals surface area contributed by atoms with Crippen LogP contribution in [0.5, 0.6) is 5.75 Å². The van der Waals surface area contributed by atoms with Gasteiger partial charge in [0.2, 0.25) is 0 Å². The molecule has 2 fully saturated rings. The first-order valence-corrected chi connectivity index (χ1v) is 14.7. The minimum absolute atomic E-state index is 0.259. The monoisotopic (exact) mass is 601 g/mol. The van der Waals surface area contributed by atoms with Crippen LogP contribution in [-0.4, -0.2) is 57.8 Å². The number of nitrogens with zero attached hydrogens (tertiary/aromatic N) is 5. The van der Waals surface area contributed by atoms with E-state index in [4.69, 9.17) is 21.9 Å². The zero-order valence-corrected chi connectivity index (χ0v) is 24.8. The Kier molecular flexibility index (Phi) is 7.70. The summed E-state index contributed by atoms with van der Waals surface area (Å²) in [5.74, 6) is 0.708. The number of hydrogen-bond acceptors (Lipinski definition) is 8. The average Bonchev–Trinajstić information content (AvgIpc) is 3.27. The normalized spacial score (nSPS) is 16.6. The van der Waals surface area contributed by atoms with Gasteiger partial charge in [0.25, 0.3) is 11.5 Å². The van der Waals surface area contributed by atoms with Crippen molar-refractivity contribution in [3.05, 3.63) is 105 Å². The Morgan fingerprint density at radius 1 is 1.00 bits per heavy atom. The largest absolute Gasteiger partial charge is 0.497 e. The Labute approximate surface area is 252 Å². The Hall–Kier alpha value is -4.22. The van der Waals surface area contributed by atoms with E-state index in [0.29, 0.717) is 64.7 Å². The number of thioether (sulfide) groups is 1. The van der Waals surface area contributed by atoms with Crippen molar-refractivity contribution in [3.8, 4) is 5.75 Å². The van der Waals surface area contributed by atoms with Crippen molar-refractivity contribution in [2.75, 3.05) is 43.1 Å². The van der Waals surface area contributed by atoms with Gasteiger partial charge in [0, 0.05) is 32.4 Å². The Bertz CT molecular complexity index is 1780. The number of pyridine rings is 1. The summed E-state index contributed by atoms with van der Waals surface area (Å²) < 4.78 is 21.6. The molecule has 11 heteroatoms. The first-order valence-electron chi connectivity index (χ1n) is 13.5. The summed E-state index contributed by atoms with van der Waals surface area (Å²) >= 11 is 6.75. The highest BCUT2D eigenvalue weighted by molar-refractivity contribution is 8.26. The second-order valence-electron chi connectivity index (χ2n) is 10.1. The van der Waals surface area contributed by atoms with Crippen LogP contribution in [0, 0.1) is 12.7 Å². The molecule has 1 amide bonds. The lowest BCUT2D eigenvalue weighted by Gasteiger charge is -2.37. The van der Waals surface area contributed by atoms with E-state index in [-0.39, 0.29) is 17.3 Å². The van der Waals surface area contributed by atoms with E-state index in [1.165, 1.54) is 27.1 Å². The van der Waals surface area contributed by atoms with E-state index in [1.807, 2.05) is 53.1 Å². The van der Waals surface area contributed by atoms with Crippen LogP contribution in [-0.2, 0) is 11.3 Å². The van der Waals surface area contributed by atoms with Crippen LogP contribution in [0.1, 0.15) is 16.7 Å². The molecule has 2 saturated heterocycles. The maximum absolute atomic E-state index is 14.5. The van der Waals surface area contributed by atoms with Gasteiger partial charge in [0.15, 0.2) is 0 Å². The second-order valence-corrected chi connectivity index (χ2v) is 11.8. The van der Waals surface area contributed by atoms with E-state index in [1.54, 1.807) is 37.6 Å². The molecule has 0 aliphatic carbocycles. The fourth-order valence-corrected chi connectivity index (χ4v) is 6.45. The molecule has 0 spiro atoms. The van der Waals surface area contributed by atoms with Crippen molar-refractivity contribution in [2.24, 2.45) is 0 Å². The molecule has 8 nitrogen and oxygen atoms in total. The van der Waals surface area contributed by atoms with Gasteiger partial charge in [-0.1, -0.05) is 54.3 Å². The van der Waals surface area contributed by atoms with Crippen LogP contribution >= 0.6 is 24.0 Å². The zero-order chi connectivity index (χ0) is 29.4. The number of halogens is 1. The smallest absolute Gasteiger partial charge is 0.267 e. The van der Waals surface area contributed by atoms with Gasteiger partial charge >= 0.3 is 0 Å². The van der Waals surface area contributed by atoms with Crippen molar-refractivity contribution >= 4 is 57.4 Å². The van der Waals surface area contributed by atoms with E-state index in [2.05, 4.69) is 0 Å². The maximum atomic E-state index is 14.5. The van der Waals surface area contributed by atoms with Crippen LogP contribution in [0.2, 0.25) is 0 Å². The molecule has 0 radical (unpaired) electrons. The number of amides is 1. The van der Waals surface area contributed by atoms with Gasteiger partial charge in [-0.3, -0.25) is 18.9 Å². The molecular weight excluding hydrogens is 574 g/mol. The lowest BCUT2D eigenvalue weighted by atomic mass is 10.2. The van der Waals surface area contributed by atoms with Crippen molar-refractivity contribution in [3.63, 3.8) is 0 Å². The summed E-state index contributed by atoms with van der Waals surface area (Å²) in [7, 11) is 1.60. The molecule has 0 saturated carbocycles. The fourth-order valence-electron chi connectivity index (χ4n) is 5.22. The number of fused-ring (bicyclic) bond motifs is 1. The van der Waals surface area contributed by atoms with Crippen LogP contribution in [0.3, 0.4) is 0 Å². The second kappa shape index (κ2) is 11.6. The topological polar surface area (TPSA) is 70.4 Å². The first kappa shape index (κ1) is 27.9. The zero-order valence-electron chi connectivity index (χ0n) is 23.1. The standard InChI is InChI=1S/C31H28FN5O3S2/c1-20-6-5-13-36-27(20)33-28(35-16-14-34(15-17-35)25-8-4-3-7-24(25)32)23(29(36)38)18-26-30(39)37(31(41)42-26)19-21-9-11-22(40-2)12-10-21/h3-13,18H,14-17,19H2,1-2H3/b26-18+. The summed E-state index contributed by atoms with van der Waals surface area (Å²) in [4.78, 5) is 38.3. The van der Waals surface area contributed by atoms with Gasteiger partial charge in [0.1, 0.15) is 27.4 Å². The molecular formula is C31H28FN5O3S2. The molecule has 6 rings (SSSR count). The number of piperazine rings is 1. The van der Waals surface area contributed by atoms with Gasteiger partial charge in [-0.25, -0.2) is 9.37 Å². The Morgan fingerprint density at radius 3 is 2.43 bits per heavy atom. The van der Waals surface area contributed by atoms with Crippen molar-refractivity contribution in [1.82, 2.24) is 14.3 Å².